The highest BCUT2D eigenvalue weighted by molar-refractivity contribution is 7.22. The van der Waals surface area contributed by atoms with Crippen LogP contribution in [-0.4, -0.2) is 35.9 Å². The van der Waals surface area contributed by atoms with Gasteiger partial charge in [0.05, 0.1) is 10.2 Å². The molecular formula is C15H17N3OS. The average molecular weight is 287 g/mol. The lowest BCUT2D eigenvalue weighted by molar-refractivity contribution is 0.0828. The van der Waals surface area contributed by atoms with Gasteiger partial charge in [-0.1, -0.05) is 23.5 Å². The van der Waals surface area contributed by atoms with Crippen molar-refractivity contribution in [3.05, 3.63) is 35.9 Å². The van der Waals surface area contributed by atoms with E-state index in [2.05, 4.69) is 22.5 Å². The zero-order valence-corrected chi connectivity index (χ0v) is 12.4. The van der Waals surface area contributed by atoms with E-state index in [1.54, 1.807) is 30.3 Å². The van der Waals surface area contributed by atoms with Gasteiger partial charge in [-0.25, -0.2) is 4.98 Å². The quantitative estimate of drug-likeness (QED) is 0.882. The van der Waals surface area contributed by atoms with Gasteiger partial charge in [0.2, 0.25) is 0 Å². The number of carbonyl (C=O) groups excluding carboxylic acids is 1. The zero-order valence-electron chi connectivity index (χ0n) is 11.6. The van der Waals surface area contributed by atoms with Gasteiger partial charge in [0, 0.05) is 25.7 Å². The van der Waals surface area contributed by atoms with Gasteiger partial charge in [0.25, 0.3) is 5.91 Å². The van der Waals surface area contributed by atoms with Crippen LogP contribution in [0.5, 0.6) is 0 Å². The summed E-state index contributed by atoms with van der Waals surface area (Å²) in [5.41, 5.74) is 1.65. The van der Waals surface area contributed by atoms with Crippen molar-refractivity contribution in [2.24, 2.45) is 0 Å². The van der Waals surface area contributed by atoms with Gasteiger partial charge in [-0.15, -0.1) is 0 Å². The summed E-state index contributed by atoms with van der Waals surface area (Å²) in [5, 5.41) is 4.38. The van der Waals surface area contributed by atoms with Crippen LogP contribution < -0.4 is 5.32 Å². The lowest BCUT2D eigenvalue weighted by atomic mass is 10.2. The normalized spacial score (nSPS) is 14.9. The minimum absolute atomic E-state index is 0.0230. The van der Waals surface area contributed by atoms with E-state index in [-0.39, 0.29) is 5.91 Å². The summed E-state index contributed by atoms with van der Waals surface area (Å²) in [4.78, 5) is 18.1. The van der Waals surface area contributed by atoms with Gasteiger partial charge in [0.1, 0.15) is 0 Å². The van der Waals surface area contributed by atoms with Crippen LogP contribution in [0.3, 0.4) is 0 Å². The van der Waals surface area contributed by atoms with E-state index in [4.69, 9.17) is 0 Å². The molecule has 20 heavy (non-hydrogen) atoms. The van der Waals surface area contributed by atoms with Gasteiger partial charge in [-0.2, -0.15) is 0 Å². The van der Waals surface area contributed by atoms with Crippen molar-refractivity contribution in [2.75, 3.05) is 19.4 Å². The number of hydrogen-bond acceptors (Lipinski definition) is 4. The van der Waals surface area contributed by atoms with Crippen molar-refractivity contribution in [2.45, 2.75) is 18.9 Å². The van der Waals surface area contributed by atoms with Crippen LogP contribution in [-0.2, 0) is 0 Å². The van der Waals surface area contributed by atoms with Crippen molar-refractivity contribution < 1.29 is 4.79 Å². The number of benzene rings is 1. The molecule has 4 nitrogen and oxygen atoms in total. The first-order valence-electron chi connectivity index (χ1n) is 6.67. The van der Waals surface area contributed by atoms with Crippen LogP contribution in [0, 0.1) is 0 Å². The molecule has 0 unspecified atom stereocenters. The van der Waals surface area contributed by atoms with Crippen LogP contribution in [0.15, 0.2) is 30.4 Å². The third-order valence-electron chi connectivity index (χ3n) is 3.38. The first kappa shape index (κ1) is 13.1. The van der Waals surface area contributed by atoms with Crippen molar-refractivity contribution in [3.63, 3.8) is 0 Å². The molecule has 1 aromatic heterocycles. The number of fused-ring (bicyclic) bond motifs is 1. The molecule has 1 amide bonds. The molecular weight excluding hydrogens is 270 g/mol. The minimum Gasteiger partial charge on any atom is -0.358 e. The topological polar surface area (TPSA) is 45.2 Å². The molecule has 3 rings (SSSR count). The summed E-state index contributed by atoms with van der Waals surface area (Å²) >= 11 is 1.61. The maximum atomic E-state index is 12.0. The fourth-order valence-corrected chi connectivity index (χ4v) is 3.27. The van der Waals surface area contributed by atoms with Crippen molar-refractivity contribution in [3.8, 4) is 0 Å². The van der Waals surface area contributed by atoms with Crippen LogP contribution in [0.4, 0.5) is 5.13 Å². The highest BCUT2D eigenvalue weighted by atomic mass is 32.1. The second-order valence-electron chi connectivity index (χ2n) is 5.19. The third kappa shape index (κ3) is 2.54. The standard InChI is InChI=1S/C15H17N3OS/c1-18(2)14(19)10-7-8-12-13(9-10)20-15(17-12)16-11-5-3-4-6-11/h3-4,7-9,11H,5-6H2,1-2H3,(H,16,17). The van der Waals surface area contributed by atoms with Gasteiger partial charge in [-0.05, 0) is 31.0 Å². The van der Waals surface area contributed by atoms with Crippen molar-refractivity contribution >= 4 is 32.6 Å². The van der Waals surface area contributed by atoms with E-state index in [0.717, 1.165) is 28.2 Å². The van der Waals surface area contributed by atoms with E-state index >= 15 is 0 Å². The van der Waals surface area contributed by atoms with Crippen LogP contribution in [0.1, 0.15) is 23.2 Å². The molecule has 5 heteroatoms. The molecule has 1 N–H and O–H groups in total. The molecule has 1 aliphatic rings. The summed E-state index contributed by atoms with van der Waals surface area (Å²) < 4.78 is 1.05. The SMILES string of the molecule is CN(C)C(=O)c1ccc2nc(NC3CC=CC3)sc2c1. The average Bonchev–Trinajstić information content (AvgIpc) is 3.05. The first-order valence-corrected chi connectivity index (χ1v) is 7.49. The molecule has 0 radical (unpaired) electrons. The third-order valence-corrected chi connectivity index (χ3v) is 4.33. The number of nitrogens with zero attached hydrogens (tertiary/aromatic N) is 2. The summed E-state index contributed by atoms with van der Waals surface area (Å²) in [6, 6.07) is 6.14. The Bertz CT molecular complexity index is 667. The lowest BCUT2D eigenvalue weighted by Gasteiger charge is -2.09. The predicted octanol–water partition coefficient (Wildman–Crippen LogP) is 3.13. The van der Waals surface area contributed by atoms with Gasteiger partial charge < -0.3 is 10.2 Å². The van der Waals surface area contributed by atoms with Crippen molar-refractivity contribution in [1.29, 1.82) is 0 Å². The highest BCUT2D eigenvalue weighted by Gasteiger charge is 2.14. The van der Waals surface area contributed by atoms with E-state index < -0.39 is 0 Å². The highest BCUT2D eigenvalue weighted by Crippen LogP contribution is 2.28. The number of carbonyl (C=O) groups is 1. The monoisotopic (exact) mass is 287 g/mol. The van der Waals surface area contributed by atoms with Crippen molar-refractivity contribution in [1.82, 2.24) is 9.88 Å². The Morgan fingerprint density at radius 3 is 2.80 bits per heavy atom. The van der Waals surface area contributed by atoms with Crippen LogP contribution >= 0.6 is 11.3 Å². The molecule has 0 atom stereocenters. The largest absolute Gasteiger partial charge is 0.358 e. The summed E-state index contributed by atoms with van der Waals surface area (Å²) in [7, 11) is 3.53. The Hall–Kier alpha value is -1.88. The maximum Gasteiger partial charge on any atom is 0.253 e. The number of nitrogens with one attached hydrogen (secondary N) is 1. The summed E-state index contributed by atoms with van der Waals surface area (Å²) in [6.45, 7) is 0. The lowest BCUT2D eigenvalue weighted by Crippen LogP contribution is -2.21. The molecule has 104 valence electrons. The van der Waals surface area contributed by atoms with E-state index in [1.807, 2.05) is 18.2 Å². The Morgan fingerprint density at radius 2 is 2.10 bits per heavy atom. The smallest absolute Gasteiger partial charge is 0.253 e. The van der Waals surface area contributed by atoms with E-state index in [0.29, 0.717) is 11.6 Å². The fourth-order valence-electron chi connectivity index (χ4n) is 2.29. The second kappa shape index (κ2) is 5.25. The molecule has 0 fully saturated rings. The number of thiazole rings is 1. The number of aromatic nitrogens is 1. The molecule has 0 bridgehead atoms. The van der Waals surface area contributed by atoms with Crippen LogP contribution in [0.25, 0.3) is 10.2 Å². The zero-order chi connectivity index (χ0) is 14.1. The summed E-state index contributed by atoms with van der Waals surface area (Å²) in [5.74, 6) is 0.0230. The van der Waals surface area contributed by atoms with E-state index in [1.165, 1.54) is 0 Å². The predicted molar refractivity (Wildman–Crippen MR) is 83.4 cm³/mol. The number of hydrogen-bond donors (Lipinski definition) is 1. The Labute approximate surface area is 122 Å². The number of amides is 1. The molecule has 0 saturated carbocycles. The maximum absolute atomic E-state index is 12.0. The fraction of sp³-hybridized carbons (Fsp3) is 0.333. The Kier molecular flexibility index (Phi) is 3.44. The molecule has 0 spiro atoms. The molecule has 1 aromatic carbocycles. The molecule has 1 aliphatic carbocycles. The number of anilines is 1. The molecule has 0 saturated heterocycles. The van der Waals surface area contributed by atoms with Gasteiger partial charge >= 0.3 is 0 Å². The number of rotatable bonds is 3. The Morgan fingerprint density at radius 1 is 1.35 bits per heavy atom. The first-order chi connectivity index (χ1) is 9.63. The molecule has 1 heterocycles. The molecule has 0 aliphatic heterocycles. The minimum atomic E-state index is 0.0230. The van der Waals surface area contributed by atoms with Crippen LogP contribution in [0.2, 0.25) is 0 Å². The second-order valence-corrected chi connectivity index (χ2v) is 6.22. The van der Waals surface area contributed by atoms with Gasteiger partial charge in [-0.3, -0.25) is 4.79 Å². The van der Waals surface area contributed by atoms with E-state index in [9.17, 15) is 4.79 Å². The molecule has 2 aromatic rings. The Balaban J connectivity index is 1.85. The summed E-state index contributed by atoms with van der Waals surface area (Å²) in [6.07, 6.45) is 6.50. The van der Waals surface area contributed by atoms with Gasteiger partial charge in [0.15, 0.2) is 5.13 Å².